The number of aromatic nitrogens is 4. The third kappa shape index (κ3) is 1.18. The molecule has 0 aromatic carbocycles. The second kappa shape index (κ2) is 3.34. The molecule has 0 N–H and O–H groups in total. The maximum absolute atomic E-state index is 2.46. The molecule has 0 aliphatic carbocycles. The number of fused-ring (bicyclic) bond motifs is 5. The summed E-state index contributed by atoms with van der Waals surface area (Å²) in [5.41, 5.74) is 0.211. The van der Waals surface area contributed by atoms with E-state index in [9.17, 15) is 0 Å². The van der Waals surface area contributed by atoms with Crippen molar-refractivity contribution >= 4 is 0 Å². The van der Waals surface area contributed by atoms with Crippen molar-refractivity contribution in [1.82, 2.24) is 9.13 Å². The Morgan fingerprint density at radius 1 is 1.00 bits per heavy atom. The number of hydrogen-bond acceptors (Lipinski definition) is 0. The van der Waals surface area contributed by atoms with Gasteiger partial charge in [-0.05, 0) is 20.8 Å². The number of quaternary nitrogens is 1. The molecule has 2 aliphatic heterocycles. The summed E-state index contributed by atoms with van der Waals surface area (Å²) in [6.07, 6.45) is 9.19. The molecule has 0 saturated heterocycles. The van der Waals surface area contributed by atoms with Crippen LogP contribution >= 0.6 is 0 Å². The van der Waals surface area contributed by atoms with Crippen LogP contribution in [0.3, 0.4) is 0 Å². The first kappa shape index (κ1) is 12.1. The minimum atomic E-state index is 0.211. The van der Waals surface area contributed by atoms with Crippen molar-refractivity contribution < 1.29 is 13.6 Å². The first-order valence-electron chi connectivity index (χ1n) is 7.33. The minimum absolute atomic E-state index is 0.211. The minimum Gasteiger partial charge on any atom is -0.232 e. The average molecular weight is 274 g/mol. The normalized spacial score (nSPS) is 27.6. The summed E-state index contributed by atoms with van der Waals surface area (Å²) in [4.78, 5) is 0. The van der Waals surface area contributed by atoms with Crippen molar-refractivity contribution in [1.29, 1.82) is 0 Å². The Morgan fingerprint density at radius 3 is 1.85 bits per heavy atom. The Morgan fingerprint density at radius 2 is 1.45 bits per heavy atom. The quantitative estimate of drug-likeness (QED) is 0.494. The van der Waals surface area contributed by atoms with Crippen LogP contribution in [0.4, 0.5) is 0 Å². The van der Waals surface area contributed by atoms with E-state index in [4.69, 9.17) is 0 Å². The zero-order chi connectivity index (χ0) is 14.3. The van der Waals surface area contributed by atoms with Gasteiger partial charge in [0.25, 0.3) is 0 Å². The Kier molecular flexibility index (Phi) is 2.03. The highest BCUT2D eigenvalue weighted by atomic mass is 15.7. The SMILES string of the molecule is C[n+]1ccn2c1C[N+]1(C(C)(C)C)Cc3n(cc[n+]3C)C21. The molecule has 0 bridgehead atoms. The van der Waals surface area contributed by atoms with Gasteiger partial charge in [-0.1, -0.05) is 0 Å². The van der Waals surface area contributed by atoms with Crippen LogP contribution in [0.5, 0.6) is 0 Å². The van der Waals surface area contributed by atoms with Crippen LogP contribution in [-0.2, 0) is 27.2 Å². The summed E-state index contributed by atoms with van der Waals surface area (Å²) in [6, 6.07) is 0. The van der Waals surface area contributed by atoms with Crippen molar-refractivity contribution in [3.05, 3.63) is 36.4 Å². The fourth-order valence-corrected chi connectivity index (χ4v) is 4.01. The maximum Gasteiger partial charge on any atom is 0.381 e. The third-order valence-electron chi connectivity index (χ3n) is 5.43. The van der Waals surface area contributed by atoms with Crippen molar-refractivity contribution in [2.24, 2.45) is 14.1 Å². The van der Waals surface area contributed by atoms with E-state index in [1.807, 2.05) is 0 Å². The molecule has 5 heteroatoms. The van der Waals surface area contributed by atoms with Crippen molar-refractivity contribution in [3.8, 4) is 0 Å². The molecule has 4 rings (SSSR count). The molecule has 0 unspecified atom stereocenters. The van der Waals surface area contributed by atoms with Crippen LogP contribution in [0.25, 0.3) is 0 Å². The van der Waals surface area contributed by atoms with Gasteiger partial charge < -0.3 is 0 Å². The number of rotatable bonds is 0. The van der Waals surface area contributed by atoms with Crippen molar-refractivity contribution in [2.75, 3.05) is 0 Å². The number of nitrogens with zero attached hydrogens (tertiary/aromatic N) is 5. The topological polar surface area (TPSA) is 17.6 Å². The Labute approximate surface area is 119 Å². The maximum atomic E-state index is 2.46. The molecular weight excluding hydrogens is 250 g/mol. The van der Waals surface area contributed by atoms with E-state index in [1.165, 1.54) is 11.6 Å². The number of aryl methyl sites for hydroxylation is 2. The van der Waals surface area contributed by atoms with Gasteiger partial charge >= 0.3 is 17.9 Å². The van der Waals surface area contributed by atoms with Gasteiger partial charge in [-0.25, -0.2) is 13.6 Å². The van der Waals surface area contributed by atoms with Crippen LogP contribution in [0, 0.1) is 0 Å². The molecule has 0 atom stereocenters. The largest absolute Gasteiger partial charge is 0.381 e. The van der Waals surface area contributed by atoms with Gasteiger partial charge in [0, 0.05) is 0 Å². The Bertz CT molecular complexity index is 650. The van der Waals surface area contributed by atoms with Gasteiger partial charge in [-0.15, -0.1) is 9.13 Å². The summed E-state index contributed by atoms with van der Waals surface area (Å²) in [6.45, 7) is 9.31. The summed E-state index contributed by atoms with van der Waals surface area (Å²) < 4.78 is 10.5. The van der Waals surface area contributed by atoms with Gasteiger partial charge in [0.1, 0.15) is 24.8 Å². The van der Waals surface area contributed by atoms with E-state index in [2.05, 4.69) is 77.9 Å². The van der Waals surface area contributed by atoms with Gasteiger partial charge in [0.2, 0.25) is 0 Å². The standard InChI is InChI=1S/C15H24N5/c1-15(2,3)20-10-12-16(4)6-8-18(12)14(20)19-9-7-17(5)13(19)11-20/h6-9,14H,10-11H2,1-5H3/q+3. The second-order valence-corrected chi connectivity index (χ2v) is 7.33. The Balaban J connectivity index is 1.99. The average Bonchev–Trinajstić information content (AvgIpc) is 3.01. The fourth-order valence-electron chi connectivity index (χ4n) is 4.01. The zero-order valence-electron chi connectivity index (χ0n) is 13.0. The van der Waals surface area contributed by atoms with Crippen LogP contribution < -0.4 is 9.13 Å². The van der Waals surface area contributed by atoms with E-state index in [0.717, 1.165) is 17.6 Å². The summed E-state index contributed by atoms with van der Waals surface area (Å²) in [5, 5.41) is 0. The summed E-state index contributed by atoms with van der Waals surface area (Å²) >= 11 is 0. The molecule has 0 spiro atoms. The fraction of sp³-hybridized carbons (Fsp3) is 0.600. The molecule has 4 heterocycles. The predicted molar refractivity (Wildman–Crippen MR) is 73.1 cm³/mol. The van der Waals surface area contributed by atoms with Gasteiger partial charge in [-0.3, -0.25) is 0 Å². The second-order valence-electron chi connectivity index (χ2n) is 7.33. The highest BCUT2D eigenvalue weighted by Gasteiger charge is 2.67. The van der Waals surface area contributed by atoms with Crippen LogP contribution in [-0.4, -0.2) is 19.2 Å². The highest BCUT2D eigenvalue weighted by molar-refractivity contribution is 5.00. The van der Waals surface area contributed by atoms with Gasteiger partial charge in [0.05, 0.1) is 19.6 Å². The Hall–Kier alpha value is -1.62. The molecule has 2 aromatic heterocycles. The summed E-state index contributed by atoms with van der Waals surface area (Å²) in [7, 11) is 4.31. The van der Waals surface area contributed by atoms with E-state index in [0.29, 0.717) is 6.29 Å². The highest BCUT2D eigenvalue weighted by Crippen LogP contribution is 2.47. The van der Waals surface area contributed by atoms with Crippen LogP contribution in [0.2, 0.25) is 0 Å². The first-order valence-corrected chi connectivity index (χ1v) is 7.33. The number of hydrogen-bond donors (Lipinski definition) is 0. The molecule has 5 nitrogen and oxygen atoms in total. The lowest BCUT2D eigenvalue weighted by Crippen LogP contribution is -2.57. The van der Waals surface area contributed by atoms with E-state index in [-0.39, 0.29) is 5.54 Å². The molecule has 2 aliphatic rings. The third-order valence-corrected chi connectivity index (χ3v) is 5.43. The lowest BCUT2D eigenvalue weighted by atomic mass is 10.0. The summed E-state index contributed by atoms with van der Waals surface area (Å²) in [5.74, 6) is 2.85. The van der Waals surface area contributed by atoms with Gasteiger partial charge in [0.15, 0.2) is 13.1 Å². The van der Waals surface area contributed by atoms with E-state index >= 15 is 0 Å². The zero-order valence-corrected chi connectivity index (χ0v) is 13.0. The smallest absolute Gasteiger partial charge is 0.232 e. The molecule has 2 aromatic rings. The number of imidazole rings is 2. The predicted octanol–water partition coefficient (Wildman–Crippen LogP) is 0.586. The first-order chi connectivity index (χ1) is 9.35. The monoisotopic (exact) mass is 274 g/mol. The molecule has 0 amide bonds. The molecule has 106 valence electrons. The van der Waals surface area contributed by atoms with Crippen LogP contribution in [0.15, 0.2) is 24.8 Å². The molecular formula is C15H24N5+3. The lowest BCUT2D eigenvalue weighted by Gasteiger charge is -2.40. The molecule has 0 saturated carbocycles. The van der Waals surface area contributed by atoms with Crippen LogP contribution in [0.1, 0.15) is 38.7 Å². The lowest BCUT2D eigenvalue weighted by molar-refractivity contribution is -1.02. The molecule has 0 fully saturated rings. The van der Waals surface area contributed by atoms with Crippen molar-refractivity contribution in [3.63, 3.8) is 0 Å². The van der Waals surface area contributed by atoms with E-state index < -0.39 is 0 Å². The van der Waals surface area contributed by atoms with E-state index in [1.54, 1.807) is 0 Å². The van der Waals surface area contributed by atoms with Crippen molar-refractivity contribution in [2.45, 2.75) is 45.7 Å². The molecule has 0 radical (unpaired) electrons. The van der Waals surface area contributed by atoms with Gasteiger partial charge in [-0.2, -0.15) is 0 Å². The molecule has 20 heavy (non-hydrogen) atoms.